The zero-order chi connectivity index (χ0) is 11.7. The minimum atomic E-state index is -0.566. The summed E-state index contributed by atoms with van der Waals surface area (Å²) in [5, 5.41) is 10.1. The lowest BCUT2D eigenvalue weighted by molar-refractivity contribution is 0.168. The molecule has 2 aromatic heterocycles. The molecule has 1 N–H and O–H groups in total. The van der Waals surface area contributed by atoms with Crippen LogP contribution in [-0.2, 0) is 6.42 Å². The molecule has 1 unspecified atom stereocenters. The molecule has 0 amide bonds. The minimum Gasteiger partial charge on any atom is -0.469 e. The molecular weight excluding hydrogens is 204 g/mol. The Bertz CT molecular complexity index is 466. The van der Waals surface area contributed by atoms with E-state index in [0.29, 0.717) is 6.42 Å². The van der Waals surface area contributed by atoms with Gasteiger partial charge < -0.3 is 13.9 Å². The lowest BCUT2D eigenvalue weighted by atomic mass is 10.0. The summed E-state index contributed by atoms with van der Waals surface area (Å²) in [6.45, 7) is 5.75. The van der Waals surface area contributed by atoms with Crippen molar-refractivity contribution in [2.75, 3.05) is 0 Å². The van der Waals surface area contributed by atoms with E-state index in [0.717, 1.165) is 28.4 Å². The maximum absolute atomic E-state index is 10.1. The highest BCUT2D eigenvalue weighted by molar-refractivity contribution is 5.33. The number of hydrogen-bond donors (Lipinski definition) is 1. The molecule has 0 bridgehead atoms. The Kier molecular flexibility index (Phi) is 2.88. The molecule has 0 fully saturated rings. The van der Waals surface area contributed by atoms with E-state index in [-0.39, 0.29) is 0 Å². The summed E-state index contributed by atoms with van der Waals surface area (Å²) in [6, 6.07) is 3.68. The average molecular weight is 220 g/mol. The third-order valence-electron chi connectivity index (χ3n) is 2.93. The first kappa shape index (κ1) is 11.0. The van der Waals surface area contributed by atoms with Crippen molar-refractivity contribution in [3.63, 3.8) is 0 Å². The van der Waals surface area contributed by atoms with Crippen molar-refractivity contribution in [2.24, 2.45) is 0 Å². The van der Waals surface area contributed by atoms with Crippen LogP contribution in [0.1, 0.15) is 34.5 Å². The molecule has 0 saturated heterocycles. The van der Waals surface area contributed by atoms with Gasteiger partial charge in [-0.1, -0.05) is 0 Å². The van der Waals surface area contributed by atoms with Crippen LogP contribution in [-0.4, -0.2) is 5.11 Å². The summed E-state index contributed by atoms with van der Waals surface area (Å²) in [5.41, 5.74) is 1.91. The maximum Gasteiger partial charge on any atom is 0.107 e. The Morgan fingerprint density at radius 2 is 2.00 bits per heavy atom. The zero-order valence-electron chi connectivity index (χ0n) is 9.78. The van der Waals surface area contributed by atoms with Gasteiger partial charge in [-0.2, -0.15) is 0 Å². The van der Waals surface area contributed by atoms with Crippen molar-refractivity contribution in [2.45, 2.75) is 33.3 Å². The van der Waals surface area contributed by atoms with Gasteiger partial charge in [0.1, 0.15) is 17.3 Å². The summed E-state index contributed by atoms with van der Waals surface area (Å²) >= 11 is 0. The SMILES string of the molecule is Cc1oc(C)c(C(O)Cc2ccco2)c1C. The van der Waals surface area contributed by atoms with Gasteiger partial charge in [0.2, 0.25) is 0 Å². The highest BCUT2D eigenvalue weighted by Gasteiger charge is 2.20. The lowest BCUT2D eigenvalue weighted by Gasteiger charge is -2.09. The summed E-state index contributed by atoms with van der Waals surface area (Å²) in [4.78, 5) is 0. The highest BCUT2D eigenvalue weighted by Crippen LogP contribution is 2.29. The molecule has 0 aliphatic heterocycles. The van der Waals surface area contributed by atoms with Gasteiger partial charge in [0.25, 0.3) is 0 Å². The molecule has 86 valence electrons. The van der Waals surface area contributed by atoms with Gasteiger partial charge in [-0.05, 0) is 38.5 Å². The van der Waals surface area contributed by atoms with E-state index in [1.165, 1.54) is 0 Å². The van der Waals surface area contributed by atoms with Gasteiger partial charge in [-0.15, -0.1) is 0 Å². The highest BCUT2D eigenvalue weighted by atomic mass is 16.3. The van der Waals surface area contributed by atoms with Gasteiger partial charge in [0.15, 0.2) is 0 Å². The second kappa shape index (κ2) is 4.18. The fourth-order valence-electron chi connectivity index (χ4n) is 2.02. The topological polar surface area (TPSA) is 46.5 Å². The summed E-state index contributed by atoms with van der Waals surface area (Å²) in [7, 11) is 0. The molecule has 0 aliphatic carbocycles. The van der Waals surface area contributed by atoms with Crippen molar-refractivity contribution >= 4 is 0 Å². The van der Waals surface area contributed by atoms with Crippen LogP contribution in [0.25, 0.3) is 0 Å². The monoisotopic (exact) mass is 220 g/mol. The van der Waals surface area contributed by atoms with Crippen LogP contribution in [0.4, 0.5) is 0 Å². The van der Waals surface area contributed by atoms with Gasteiger partial charge in [0, 0.05) is 12.0 Å². The van der Waals surface area contributed by atoms with E-state index in [4.69, 9.17) is 8.83 Å². The largest absolute Gasteiger partial charge is 0.469 e. The van der Waals surface area contributed by atoms with Crippen LogP contribution in [0.2, 0.25) is 0 Å². The van der Waals surface area contributed by atoms with Crippen LogP contribution >= 0.6 is 0 Å². The molecule has 0 aliphatic rings. The fourth-order valence-corrected chi connectivity index (χ4v) is 2.02. The molecule has 0 spiro atoms. The smallest absolute Gasteiger partial charge is 0.107 e. The minimum absolute atomic E-state index is 0.480. The second-order valence-electron chi connectivity index (χ2n) is 4.05. The molecule has 2 heterocycles. The first-order chi connectivity index (χ1) is 7.59. The Morgan fingerprint density at radius 1 is 1.25 bits per heavy atom. The Labute approximate surface area is 94.7 Å². The predicted molar refractivity (Wildman–Crippen MR) is 60.3 cm³/mol. The standard InChI is InChI=1S/C13H16O3/c1-8-9(2)16-10(3)13(8)12(14)7-11-5-4-6-15-11/h4-6,12,14H,7H2,1-3H3. The molecule has 0 saturated carbocycles. The van der Waals surface area contributed by atoms with Crippen LogP contribution in [0.5, 0.6) is 0 Å². The van der Waals surface area contributed by atoms with E-state index in [1.54, 1.807) is 6.26 Å². The molecule has 2 aromatic rings. The molecule has 2 rings (SSSR count). The molecule has 3 nitrogen and oxygen atoms in total. The Morgan fingerprint density at radius 3 is 2.50 bits per heavy atom. The Hall–Kier alpha value is -1.48. The van der Waals surface area contributed by atoms with E-state index in [1.807, 2.05) is 32.9 Å². The van der Waals surface area contributed by atoms with Crippen molar-refractivity contribution in [3.05, 3.63) is 46.8 Å². The van der Waals surface area contributed by atoms with Crippen LogP contribution in [0, 0.1) is 20.8 Å². The first-order valence-corrected chi connectivity index (χ1v) is 5.36. The zero-order valence-corrected chi connectivity index (χ0v) is 9.78. The second-order valence-corrected chi connectivity index (χ2v) is 4.05. The van der Waals surface area contributed by atoms with Gasteiger partial charge >= 0.3 is 0 Å². The van der Waals surface area contributed by atoms with E-state index < -0.39 is 6.10 Å². The third-order valence-corrected chi connectivity index (χ3v) is 2.93. The normalized spacial score (nSPS) is 13.0. The van der Waals surface area contributed by atoms with Gasteiger partial charge in [0.05, 0.1) is 12.4 Å². The van der Waals surface area contributed by atoms with Crippen LogP contribution in [0.3, 0.4) is 0 Å². The van der Waals surface area contributed by atoms with Crippen LogP contribution < -0.4 is 0 Å². The average Bonchev–Trinajstić information content (AvgIpc) is 2.77. The van der Waals surface area contributed by atoms with E-state index in [9.17, 15) is 5.11 Å². The molecular formula is C13H16O3. The van der Waals surface area contributed by atoms with Crippen molar-refractivity contribution in [3.8, 4) is 0 Å². The van der Waals surface area contributed by atoms with E-state index in [2.05, 4.69) is 0 Å². The van der Waals surface area contributed by atoms with Crippen LogP contribution in [0.15, 0.2) is 27.2 Å². The number of hydrogen-bond acceptors (Lipinski definition) is 3. The first-order valence-electron chi connectivity index (χ1n) is 5.36. The molecule has 16 heavy (non-hydrogen) atoms. The number of rotatable bonds is 3. The van der Waals surface area contributed by atoms with Gasteiger partial charge in [-0.25, -0.2) is 0 Å². The molecule has 0 aromatic carbocycles. The van der Waals surface area contributed by atoms with E-state index >= 15 is 0 Å². The van der Waals surface area contributed by atoms with Crippen molar-refractivity contribution in [1.82, 2.24) is 0 Å². The van der Waals surface area contributed by atoms with Crippen molar-refractivity contribution < 1.29 is 13.9 Å². The Balaban J connectivity index is 2.24. The third kappa shape index (κ3) is 1.91. The summed E-state index contributed by atoms with van der Waals surface area (Å²) in [6.07, 6.45) is 1.53. The maximum atomic E-state index is 10.1. The van der Waals surface area contributed by atoms with Crippen molar-refractivity contribution in [1.29, 1.82) is 0 Å². The summed E-state index contributed by atoms with van der Waals surface area (Å²) < 4.78 is 10.7. The lowest BCUT2D eigenvalue weighted by Crippen LogP contribution is -2.03. The number of aliphatic hydroxyl groups excluding tert-OH is 1. The number of aliphatic hydroxyl groups is 1. The van der Waals surface area contributed by atoms with Gasteiger partial charge in [-0.3, -0.25) is 0 Å². The predicted octanol–water partition coefficient (Wildman–Crippen LogP) is 3.07. The fraction of sp³-hybridized carbons (Fsp3) is 0.385. The molecule has 3 heteroatoms. The number of furan rings is 2. The number of aryl methyl sites for hydroxylation is 2. The quantitative estimate of drug-likeness (QED) is 0.864. The summed E-state index contributed by atoms with van der Waals surface area (Å²) in [5.74, 6) is 2.44. The molecule has 1 atom stereocenters. The molecule has 0 radical (unpaired) electrons.